The van der Waals surface area contributed by atoms with Gasteiger partial charge in [0, 0.05) is 37.1 Å². The van der Waals surface area contributed by atoms with Crippen LogP contribution in [-0.4, -0.2) is 42.7 Å². The number of nitrogens with zero attached hydrogens (tertiary/aromatic N) is 3. The third kappa shape index (κ3) is 4.76. The zero-order valence-electron chi connectivity index (χ0n) is 14.6. The number of carbonyl (C=O) groups is 1. The Morgan fingerprint density at radius 3 is 2.73 bits per heavy atom. The van der Waals surface area contributed by atoms with E-state index >= 15 is 0 Å². The van der Waals surface area contributed by atoms with Crippen molar-refractivity contribution in [2.45, 2.75) is 12.8 Å². The average Bonchev–Trinajstić information content (AvgIpc) is 2.68. The van der Waals surface area contributed by atoms with E-state index in [9.17, 15) is 4.79 Å². The van der Waals surface area contributed by atoms with Gasteiger partial charge in [0.15, 0.2) is 0 Å². The second kappa shape index (κ2) is 8.71. The van der Waals surface area contributed by atoms with Crippen LogP contribution in [-0.2, 0) is 0 Å². The zero-order chi connectivity index (χ0) is 18.4. The van der Waals surface area contributed by atoms with Crippen LogP contribution in [0.5, 0.6) is 5.75 Å². The monoisotopic (exact) mass is 375 g/mol. The lowest BCUT2D eigenvalue weighted by atomic mass is 9.97. The van der Waals surface area contributed by atoms with Crippen LogP contribution < -0.4 is 20.3 Å². The first kappa shape index (κ1) is 18.3. The number of piperidine rings is 1. The smallest absolute Gasteiger partial charge is 0.319 e. The number of benzene rings is 1. The summed E-state index contributed by atoms with van der Waals surface area (Å²) >= 11 is 5.98. The maximum atomic E-state index is 12.2. The van der Waals surface area contributed by atoms with Crippen LogP contribution in [0.4, 0.5) is 16.4 Å². The highest BCUT2D eigenvalue weighted by molar-refractivity contribution is 6.31. The predicted molar refractivity (Wildman–Crippen MR) is 102 cm³/mol. The summed E-state index contributed by atoms with van der Waals surface area (Å²) in [6.45, 7) is 2.40. The lowest BCUT2D eigenvalue weighted by molar-refractivity contribution is 0.248. The molecule has 0 spiro atoms. The van der Waals surface area contributed by atoms with Crippen LogP contribution in [0.2, 0.25) is 5.02 Å². The van der Waals surface area contributed by atoms with Gasteiger partial charge in [0.1, 0.15) is 5.75 Å². The number of halogens is 1. The molecule has 138 valence electrons. The average molecular weight is 376 g/mol. The van der Waals surface area contributed by atoms with E-state index in [2.05, 4.69) is 25.5 Å². The standard InChI is InChI=1S/C18H22ClN5O2/c1-26-16-4-3-14(19)11-15(16)23-18(25)22-12-13-5-9-24(10-6-13)17-20-7-2-8-21-17/h2-4,7-8,11,13H,5-6,9-10,12H2,1H3,(H2,22,23,25). The normalized spacial score (nSPS) is 14.8. The number of aromatic nitrogens is 2. The Bertz CT molecular complexity index is 736. The molecule has 1 fully saturated rings. The van der Waals surface area contributed by atoms with Crippen LogP contribution in [0.25, 0.3) is 0 Å². The minimum absolute atomic E-state index is 0.264. The number of hydrogen-bond donors (Lipinski definition) is 2. The van der Waals surface area contributed by atoms with Crippen molar-refractivity contribution in [1.82, 2.24) is 15.3 Å². The number of nitrogens with one attached hydrogen (secondary N) is 2. The van der Waals surface area contributed by atoms with Crippen LogP contribution in [0.3, 0.4) is 0 Å². The molecule has 8 heteroatoms. The number of rotatable bonds is 5. The molecule has 2 aromatic rings. The van der Waals surface area contributed by atoms with Gasteiger partial charge in [-0.25, -0.2) is 14.8 Å². The summed E-state index contributed by atoms with van der Waals surface area (Å²) in [6.07, 6.45) is 5.48. The quantitative estimate of drug-likeness (QED) is 0.839. The van der Waals surface area contributed by atoms with Crippen molar-refractivity contribution in [3.63, 3.8) is 0 Å². The van der Waals surface area contributed by atoms with Crippen molar-refractivity contribution in [3.05, 3.63) is 41.7 Å². The number of hydrogen-bond acceptors (Lipinski definition) is 5. The first-order chi connectivity index (χ1) is 12.7. The van der Waals surface area contributed by atoms with Gasteiger partial charge in [-0.1, -0.05) is 11.6 Å². The van der Waals surface area contributed by atoms with Crippen LogP contribution >= 0.6 is 11.6 Å². The topological polar surface area (TPSA) is 79.4 Å². The van der Waals surface area contributed by atoms with Crippen molar-refractivity contribution < 1.29 is 9.53 Å². The molecule has 1 saturated heterocycles. The summed E-state index contributed by atoms with van der Waals surface area (Å²) < 4.78 is 5.23. The maximum absolute atomic E-state index is 12.2. The Kier molecular flexibility index (Phi) is 6.12. The summed E-state index contributed by atoms with van der Waals surface area (Å²) in [6, 6.07) is 6.65. The van der Waals surface area contributed by atoms with Gasteiger partial charge < -0.3 is 20.3 Å². The molecule has 0 radical (unpaired) electrons. The van der Waals surface area contributed by atoms with E-state index in [1.807, 2.05) is 6.07 Å². The molecule has 2 amide bonds. The molecule has 1 aromatic carbocycles. The summed E-state index contributed by atoms with van der Waals surface area (Å²) in [4.78, 5) is 22.9. The fraction of sp³-hybridized carbons (Fsp3) is 0.389. The first-order valence-electron chi connectivity index (χ1n) is 8.56. The highest BCUT2D eigenvalue weighted by atomic mass is 35.5. The summed E-state index contributed by atoms with van der Waals surface area (Å²) in [5, 5.41) is 6.25. The van der Waals surface area contributed by atoms with E-state index in [4.69, 9.17) is 16.3 Å². The summed E-state index contributed by atoms with van der Waals surface area (Å²) in [7, 11) is 1.55. The third-order valence-electron chi connectivity index (χ3n) is 4.41. The molecule has 1 aromatic heterocycles. The van der Waals surface area contributed by atoms with Crippen LogP contribution in [0, 0.1) is 5.92 Å². The summed E-state index contributed by atoms with van der Waals surface area (Å²) in [5.74, 6) is 1.77. The van der Waals surface area contributed by atoms with Crippen molar-refractivity contribution in [2.24, 2.45) is 5.92 Å². The van der Waals surface area contributed by atoms with Gasteiger partial charge in [-0.15, -0.1) is 0 Å². The Hall–Kier alpha value is -2.54. The van der Waals surface area contributed by atoms with Gasteiger partial charge in [0.05, 0.1) is 12.8 Å². The number of amides is 2. The molecule has 2 heterocycles. The molecule has 0 unspecified atom stereocenters. The predicted octanol–water partition coefficient (Wildman–Crippen LogP) is 3.18. The van der Waals surface area contributed by atoms with E-state index in [1.165, 1.54) is 0 Å². The molecule has 2 N–H and O–H groups in total. The largest absolute Gasteiger partial charge is 0.495 e. The number of anilines is 2. The fourth-order valence-corrected chi connectivity index (χ4v) is 3.15. The van der Waals surface area contributed by atoms with Gasteiger partial charge in [-0.05, 0) is 43.0 Å². The molecular formula is C18H22ClN5O2. The maximum Gasteiger partial charge on any atom is 0.319 e. The fourth-order valence-electron chi connectivity index (χ4n) is 2.97. The minimum atomic E-state index is -0.264. The lowest BCUT2D eigenvalue weighted by Gasteiger charge is -2.31. The molecule has 0 bridgehead atoms. The van der Waals surface area contributed by atoms with Crippen LogP contribution in [0.1, 0.15) is 12.8 Å². The second-order valence-corrected chi connectivity index (χ2v) is 6.60. The second-order valence-electron chi connectivity index (χ2n) is 6.16. The van der Waals surface area contributed by atoms with Crippen LogP contribution in [0.15, 0.2) is 36.7 Å². The third-order valence-corrected chi connectivity index (χ3v) is 4.65. The van der Waals surface area contributed by atoms with Crippen molar-refractivity contribution in [3.8, 4) is 5.75 Å². The molecule has 26 heavy (non-hydrogen) atoms. The van der Waals surface area contributed by atoms with E-state index in [1.54, 1.807) is 37.7 Å². The Labute approximate surface area is 157 Å². The van der Waals surface area contributed by atoms with Gasteiger partial charge in [0.25, 0.3) is 0 Å². The van der Waals surface area contributed by atoms with Gasteiger partial charge in [0.2, 0.25) is 5.95 Å². The van der Waals surface area contributed by atoms with E-state index in [0.717, 1.165) is 31.9 Å². The molecule has 0 saturated carbocycles. The van der Waals surface area contributed by atoms with E-state index in [0.29, 0.717) is 28.9 Å². The van der Waals surface area contributed by atoms with Gasteiger partial charge in [-0.2, -0.15) is 0 Å². The number of carbonyl (C=O) groups excluding carboxylic acids is 1. The van der Waals surface area contributed by atoms with E-state index in [-0.39, 0.29) is 6.03 Å². The van der Waals surface area contributed by atoms with Crippen molar-refractivity contribution in [1.29, 1.82) is 0 Å². The molecule has 0 aliphatic carbocycles. The number of urea groups is 1. The number of methoxy groups -OCH3 is 1. The van der Waals surface area contributed by atoms with Gasteiger partial charge in [-0.3, -0.25) is 0 Å². The van der Waals surface area contributed by atoms with Gasteiger partial charge >= 0.3 is 6.03 Å². The zero-order valence-corrected chi connectivity index (χ0v) is 15.4. The Morgan fingerprint density at radius 2 is 2.04 bits per heavy atom. The first-order valence-corrected chi connectivity index (χ1v) is 8.94. The minimum Gasteiger partial charge on any atom is -0.495 e. The summed E-state index contributed by atoms with van der Waals surface area (Å²) in [5.41, 5.74) is 0.550. The molecular weight excluding hydrogens is 354 g/mol. The lowest BCUT2D eigenvalue weighted by Crippen LogP contribution is -2.40. The van der Waals surface area contributed by atoms with Crippen molar-refractivity contribution in [2.75, 3.05) is 37.0 Å². The van der Waals surface area contributed by atoms with Crippen molar-refractivity contribution >= 4 is 29.3 Å². The highest BCUT2D eigenvalue weighted by Gasteiger charge is 2.21. The molecule has 7 nitrogen and oxygen atoms in total. The highest BCUT2D eigenvalue weighted by Crippen LogP contribution is 2.27. The van der Waals surface area contributed by atoms with E-state index < -0.39 is 0 Å². The molecule has 3 rings (SSSR count). The number of ether oxygens (including phenoxy) is 1. The molecule has 0 atom stereocenters. The molecule has 1 aliphatic heterocycles. The molecule has 1 aliphatic rings. The SMILES string of the molecule is COc1ccc(Cl)cc1NC(=O)NCC1CCN(c2ncccn2)CC1. The Balaban J connectivity index is 1.45. The Morgan fingerprint density at radius 1 is 1.31 bits per heavy atom.